The molecule has 1 aromatic carbocycles. The third kappa shape index (κ3) is 3.47. The van der Waals surface area contributed by atoms with E-state index in [0.29, 0.717) is 0 Å². The molecule has 1 aliphatic rings. The lowest BCUT2D eigenvalue weighted by atomic mass is 10.0. The van der Waals surface area contributed by atoms with Crippen LogP contribution in [0.3, 0.4) is 0 Å². The van der Waals surface area contributed by atoms with Gasteiger partial charge in [0.05, 0.1) is 12.0 Å². The maximum absolute atomic E-state index is 13.3. The van der Waals surface area contributed by atoms with Crippen molar-refractivity contribution in [2.75, 3.05) is 13.7 Å². The Morgan fingerprint density at radius 2 is 2.20 bits per heavy atom. The first-order chi connectivity index (χ1) is 9.42. The molecule has 20 heavy (non-hydrogen) atoms. The fraction of sp³-hybridized carbons (Fsp3) is 0.538. The van der Waals surface area contributed by atoms with E-state index >= 15 is 0 Å². The molecule has 1 saturated heterocycles. The van der Waals surface area contributed by atoms with Gasteiger partial charge in [0, 0.05) is 18.2 Å². The van der Waals surface area contributed by atoms with E-state index in [4.69, 9.17) is 4.74 Å². The SMILES string of the molecule is COc1cc(S(=O)(=O)NC2CCNC(C)C2)ccc1F. The zero-order chi connectivity index (χ0) is 14.8. The number of rotatable bonds is 4. The first kappa shape index (κ1) is 15.2. The summed E-state index contributed by atoms with van der Waals surface area (Å²) in [4.78, 5) is 0.0157. The average Bonchev–Trinajstić information content (AvgIpc) is 2.38. The van der Waals surface area contributed by atoms with Crippen LogP contribution < -0.4 is 14.8 Å². The second-order valence-corrected chi connectivity index (χ2v) is 6.71. The fourth-order valence-corrected chi connectivity index (χ4v) is 3.63. The van der Waals surface area contributed by atoms with Crippen molar-refractivity contribution in [2.24, 2.45) is 0 Å². The van der Waals surface area contributed by atoms with Gasteiger partial charge in [-0.1, -0.05) is 0 Å². The van der Waals surface area contributed by atoms with E-state index in [-0.39, 0.29) is 22.7 Å². The standard InChI is InChI=1S/C13H19FN2O3S/c1-9-7-10(5-6-15-9)16-20(17,18)11-3-4-12(14)13(8-11)19-2/h3-4,8-10,15-16H,5-7H2,1-2H3. The molecular weight excluding hydrogens is 283 g/mol. The second-order valence-electron chi connectivity index (χ2n) is 4.99. The lowest BCUT2D eigenvalue weighted by Gasteiger charge is -2.28. The van der Waals surface area contributed by atoms with Gasteiger partial charge in [-0.2, -0.15) is 0 Å². The third-order valence-corrected chi connectivity index (χ3v) is 4.90. The van der Waals surface area contributed by atoms with Gasteiger partial charge in [-0.3, -0.25) is 0 Å². The molecule has 0 radical (unpaired) electrons. The first-order valence-electron chi connectivity index (χ1n) is 6.51. The van der Waals surface area contributed by atoms with Crippen molar-refractivity contribution in [3.05, 3.63) is 24.0 Å². The van der Waals surface area contributed by atoms with E-state index in [0.717, 1.165) is 25.5 Å². The summed E-state index contributed by atoms with van der Waals surface area (Å²) in [5.74, 6) is -0.659. The molecule has 0 spiro atoms. The van der Waals surface area contributed by atoms with Gasteiger partial charge in [0.25, 0.3) is 0 Å². The van der Waals surface area contributed by atoms with Crippen LogP contribution in [0.25, 0.3) is 0 Å². The van der Waals surface area contributed by atoms with Gasteiger partial charge in [-0.25, -0.2) is 17.5 Å². The molecule has 2 rings (SSSR count). The number of benzene rings is 1. The number of hydrogen-bond acceptors (Lipinski definition) is 4. The Morgan fingerprint density at radius 3 is 2.85 bits per heavy atom. The second kappa shape index (κ2) is 6.07. The summed E-state index contributed by atoms with van der Waals surface area (Å²) in [6, 6.07) is 3.71. The van der Waals surface area contributed by atoms with Crippen LogP contribution in [0.4, 0.5) is 4.39 Å². The Kier molecular flexibility index (Phi) is 4.62. The van der Waals surface area contributed by atoms with E-state index in [1.165, 1.54) is 19.2 Å². The molecule has 1 heterocycles. The van der Waals surface area contributed by atoms with Crippen LogP contribution in [0.15, 0.2) is 23.1 Å². The zero-order valence-corrected chi connectivity index (χ0v) is 12.3. The van der Waals surface area contributed by atoms with E-state index in [1.807, 2.05) is 6.92 Å². The zero-order valence-electron chi connectivity index (χ0n) is 11.5. The highest BCUT2D eigenvalue weighted by Gasteiger charge is 2.25. The largest absolute Gasteiger partial charge is 0.494 e. The number of hydrogen-bond donors (Lipinski definition) is 2. The van der Waals surface area contributed by atoms with Crippen LogP contribution in [-0.4, -0.2) is 34.2 Å². The molecule has 0 saturated carbocycles. The maximum Gasteiger partial charge on any atom is 0.240 e. The van der Waals surface area contributed by atoms with Gasteiger partial charge in [0.2, 0.25) is 10.0 Å². The molecule has 2 unspecified atom stereocenters. The molecule has 7 heteroatoms. The van der Waals surface area contributed by atoms with Gasteiger partial charge in [0.1, 0.15) is 0 Å². The van der Waals surface area contributed by atoms with Crippen LogP contribution >= 0.6 is 0 Å². The normalized spacial score (nSPS) is 23.6. The summed E-state index contributed by atoms with van der Waals surface area (Å²) >= 11 is 0. The quantitative estimate of drug-likeness (QED) is 0.878. The number of nitrogens with one attached hydrogen (secondary N) is 2. The Labute approximate surface area is 118 Å². The molecule has 2 N–H and O–H groups in total. The molecule has 5 nitrogen and oxygen atoms in total. The molecule has 0 amide bonds. The van der Waals surface area contributed by atoms with Crippen molar-refractivity contribution >= 4 is 10.0 Å². The number of methoxy groups -OCH3 is 1. The Morgan fingerprint density at radius 1 is 1.45 bits per heavy atom. The van der Waals surface area contributed by atoms with Crippen molar-refractivity contribution in [1.82, 2.24) is 10.0 Å². The van der Waals surface area contributed by atoms with Gasteiger partial charge >= 0.3 is 0 Å². The van der Waals surface area contributed by atoms with Gasteiger partial charge in [0.15, 0.2) is 11.6 Å². The van der Waals surface area contributed by atoms with Crippen LogP contribution in [0.2, 0.25) is 0 Å². The Bertz CT molecular complexity index is 577. The van der Waals surface area contributed by atoms with Crippen molar-refractivity contribution in [1.29, 1.82) is 0 Å². The van der Waals surface area contributed by atoms with E-state index in [2.05, 4.69) is 10.0 Å². The topological polar surface area (TPSA) is 67.4 Å². The minimum absolute atomic E-state index is 0.0157. The Balaban J connectivity index is 2.17. The summed E-state index contributed by atoms with van der Waals surface area (Å²) < 4.78 is 45.4. The molecule has 112 valence electrons. The smallest absolute Gasteiger partial charge is 0.240 e. The third-order valence-electron chi connectivity index (χ3n) is 3.38. The van der Waals surface area contributed by atoms with Crippen molar-refractivity contribution in [3.63, 3.8) is 0 Å². The summed E-state index contributed by atoms with van der Waals surface area (Å²) in [5.41, 5.74) is 0. The lowest BCUT2D eigenvalue weighted by molar-refractivity contribution is 0.361. The van der Waals surface area contributed by atoms with Crippen LogP contribution in [-0.2, 0) is 10.0 Å². The first-order valence-corrected chi connectivity index (χ1v) is 8.00. The van der Waals surface area contributed by atoms with Crippen LogP contribution in [0.5, 0.6) is 5.75 Å². The van der Waals surface area contributed by atoms with Crippen molar-refractivity contribution < 1.29 is 17.5 Å². The molecule has 2 atom stereocenters. The number of sulfonamides is 1. The van der Waals surface area contributed by atoms with Crippen molar-refractivity contribution in [3.8, 4) is 5.75 Å². The molecule has 1 fully saturated rings. The maximum atomic E-state index is 13.3. The number of halogens is 1. The summed E-state index contributed by atoms with van der Waals surface area (Å²) in [6.45, 7) is 2.79. The van der Waals surface area contributed by atoms with Crippen molar-refractivity contribution in [2.45, 2.75) is 36.7 Å². The van der Waals surface area contributed by atoms with Crippen LogP contribution in [0, 0.1) is 5.82 Å². The predicted molar refractivity (Wildman–Crippen MR) is 73.8 cm³/mol. The lowest BCUT2D eigenvalue weighted by Crippen LogP contribution is -2.46. The molecule has 0 bridgehead atoms. The van der Waals surface area contributed by atoms with E-state index < -0.39 is 15.8 Å². The molecular formula is C13H19FN2O3S. The molecule has 0 aliphatic carbocycles. The van der Waals surface area contributed by atoms with Gasteiger partial charge < -0.3 is 10.1 Å². The molecule has 1 aliphatic heterocycles. The summed E-state index contributed by atoms with van der Waals surface area (Å²) in [7, 11) is -2.35. The summed E-state index contributed by atoms with van der Waals surface area (Å²) in [6.07, 6.45) is 1.47. The Hall–Kier alpha value is -1.18. The minimum atomic E-state index is -3.66. The number of piperidine rings is 1. The highest BCUT2D eigenvalue weighted by molar-refractivity contribution is 7.89. The van der Waals surface area contributed by atoms with E-state index in [1.54, 1.807) is 0 Å². The van der Waals surface area contributed by atoms with Gasteiger partial charge in [-0.05, 0) is 38.4 Å². The van der Waals surface area contributed by atoms with Crippen LogP contribution in [0.1, 0.15) is 19.8 Å². The average molecular weight is 302 g/mol. The van der Waals surface area contributed by atoms with E-state index in [9.17, 15) is 12.8 Å². The predicted octanol–water partition coefficient (Wildman–Crippen LogP) is 1.25. The summed E-state index contributed by atoms with van der Waals surface area (Å²) in [5, 5.41) is 3.26. The highest BCUT2D eigenvalue weighted by atomic mass is 32.2. The number of ether oxygens (including phenoxy) is 1. The fourth-order valence-electron chi connectivity index (χ4n) is 2.33. The highest BCUT2D eigenvalue weighted by Crippen LogP contribution is 2.22. The molecule has 0 aromatic heterocycles. The minimum Gasteiger partial charge on any atom is -0.494 e. The van der Waals surface area contributed by atoms with Gasteiger partial charge in [-0.15, -0.1) is 0 Å². The molecule has 1 aromatic rings. The monoisotopic (exact) mass is 302 g/mol.